The van der Waals surface area contributed by atoms with Crippen molar-refractivity contribution in [3.05, 3.63) is 12.7 Å². The van der Waals surface area contributed by atoms with Crippen molar-refractivity contribution in [3.8, 4) is 0 Å². The summed E-state index contributed by atoms with van der Waals surface area (Å²) in [6.07, 6.45) is -7.04. The lowest BCUT2D eigenvalue weighted by Crippen LogP contribution is -2.46. The van der Waals surface area contributed by atoms with Crippen LogP contribution < -0.4 is 21.7 Å². The maximum Gasteiger partial charge on any atom is 0.481 e. The molecule has 2 unspecified atom stereocenters. The summed E-state index contributed by atoms with van der Waals surface area (Å²) in [5.74, 6) is -1.69. The van der Waals surface area contributed by atoms with Crippen LogP contribution in [0, 0.1) is 5.41 Å². The minimum atomic E-state index is -5.58. The summed E-state index contributed by atoms with van der Waals surface area (Å²) < 4.78 is 62.0. The molecule has 0 spiro atoms. The van der Waals surface area contributed by atoms with Crippen LogP contribution >= 0.6 is 35.2 Å². The summed E-state index contributed by atoms with van der Waals surface area (Å²) in [6.45, 7) is 3.08. The van der Waals surface area contributed by atoms with Gasteiger partial charge in [0.25, 0.3) is 0 Å². The molecule has 1 saturated heterocycles. The number of nitrogens with one attached hydrogen (secondary N) is 3. The molecule has 3 rings (SSSR count). The zero-order valence-corrected chi connectivity index (χ0v) is 33.6. The van der Waals surface area contributed by atoms with E-state index in [1.165, 1.54) is 27.7 Å². The van der Waals surface area contributed by atoms with E-state index in [0.29, 0.717) is 0 Å². The Kier molecular flexibility index (Phi) is 16.6. The monoisotopic (exact) mass is 880 g/mol. The van der Waals surface area contributed by atoms with Crippen LogP contribution in [0.3, 0.4) is 0 Å². The molecule has 1 fully saturated rings. The second-order valence-corrected chi connectivity index (χ2v) is 18.0. The molecule has 316 valence electrons. The largest absolute Gasteiger partial charge is 0.481 e. The smallest absolute Gasteiger partial charge is 0.386 e. The lowest BCUT2D eigenvalue weighted by Gasteiger charge is -2.30. The number of carbonyl (C=O) groups is 4. The number of rotatable bonds is 21. The van der Waals surface area contributed by atoms with Gasteiger partial charge in [-0.1, -0.05) is 25.6 Å². The van der Waals surface area contributed by atoms with Gasteiger partial charge in [-0.25, -0.2) is 28.6 Å². The van der Waals surface area contributed by atoms with Crippen LogP contribution in [-0.4, -0.2) is 135 Å². The lowest BCUT2D eigenvalue weighted by atomic mass is 9.87. The number of ether oxygens (including phenoxy) is 1. The number of phosphoric ester groups is 3. The number of nitrogens with two attached hydrogens (primary N) is 1. The first kappa shape index (κ1) is 47.4. The Morgan fingerprint density at radius 2 is 1.71 bits per heavy atom. The molecule has 0 aliphatic carbocycles. The molecule has 1 aliphatic rings. The quantitative estimate of drug-likeness (QED) is 0.0488. The number of hydrogen-bond donors (Lipinski definition) is 10. The van der Waals surface area contributed by atoms with Crippen molar-refractivity contribution in [2.24, 2.45) is 5.41 Å². The molecule has 0 aromatic carbocycles. The first-order chi connectivity index (χ1) is 25.8. The van der Waals surface area contributed by atoms with Crippen molar-refractivity contribution in [2.45, 2.75) is 70.8 Å². The highest BCUT2D eigenvalue weighted by molar-refractivity contribution is 8.13. The number of imidazole rings is 1. The van der Waals surface area contributed by atoms with Gasteiger partial charge in [0.2, 0.25) is 22.8 Å². The normalized spacial score (nSPS) is 22.1. The number of nitrogen functional groups attached to an aromatic ring is 1. The predicted octanol–water partition coefficient (Wildman–Crippen LogP) is -1.81. The summed E-state index contributed by atoms with van der Waals surface area (Å²) in [7, 11) is -16.4. The number of aromatic nitrogens is 4. The zero-order valence-electron chi connectivity index (χ0n) is 30.1. The molecule has 3 amide bonds. The third-order valence-electron chi connectivity index (χ3n) is 7.52. The summed E-state index contributed by atoms with van der Waals surface area (Å²) in [5, 5.41) is 28.4. The molecule has 3 heterocycles. The van der Waals surface area contributed by atoms with Crippen molar-refractivity contribution in [1.82, 2.24) is 35.5 Å². The number of carbonyl (C=O) groups excluding carboxylic acids is 4. The molecule has 8 atom stereocenters. The van der Waals surface area contributed by atoms with Crippen LogP contribution in [-0.2, 0) is 55.5 Å². The van der Waals surface area contributed by atoms with Gasteiger partial charge < -0.3 is 56.2 Å². The van der Waals surface area contributed by atoms with Gasteiger partial charge in [0, 0.05) is 37.6 Å². The highest BCUT2D eigenvalue weighted by atomic mass is 32.2. The third-order valence-corrected chi connectivity index (χ3v) is 11.7. The average Bonchev–Trinajstić information content (AvgIpc) is 3.64. The van der Waals surface area contributed by atoms with Crippen LogP contribution in [0.15, 0.2) is 12.7 Å². The van der Waals surface area contributed by atoms with Crippen LogP contribution in [0.1, 0.15) is 40.3 Å². The number of fused-ring (bicyclic) bond motifs is 1. The van der Waals surface area contributed by atoms with E-state index in [2.05, 4.69) is 39.7 Å². The first-order valence-electron chi connectivity index (χ1n) is 16.1. The number of phosphoric acid groups is 3. The van der Waals surface area contributed by atoms with Crippen LogP contribution in [0.5, 0.6) is 0 Å². The molecular formula is C26H43N8O18P3S. The minimum Gasteiger partial charge on any atom is -0.386 e. The minimum absolute atomic E-state index is 0.0231. The van der Waals surface area contributed by atoms with Crippen LogP contribution in [0.25, 0.3) is 11.2 Å². The second-order valence-electron chi connectivity index (χ2n) is 12.7. The average molecular weight is 881 g/mol. The van der Waals surface area contributed by atoms with E-state index in [-0.39, 0.29) is 53.3 Å². The first-order valence-corrected chi connectivity index (χ1v) is 21.7. The van der Waals surface area contributed by atoms with Gasteiger partial charge in [-0.15, -0.1) is 0 Å². The highest BCUT2D eigenvalue weighted by Crippen LogP contribution is 2.61. The molecule has 2 aromatic heterocycles. The molecule has 56 heavy (non-hydrogen) atoms. The molecule has 11 N–H and O–H groups in total. The summed E-state index contributed by atoms with van der Waals surface area (Å²) in [4.78, 5) is 98.4. The van der Waals surface area contributed by atoms with Crippen molar-refractivity contribution in [1.29, 1.82) is 0 Å². The van der Waals surface area contributed by atoms with Gasteiger partial charge in [-0.3, -0.25) is 37.3 Å². The molecule has 0 radical (unpaired) electrons. The Balaban J connectivity index is 1.49. The number of amides is 3. The van der Waals surface area contributed by atoms with E-state index < -0.39 is 90.6 Å². The highest BCUT2D eigenvalue weighted by Gasteiger charge is 2.50. The third kappa shape index (κ3) is 14.1. The zero-order chi connectivity index (χ0) is 42.2. The van der Waals surface area contributed by atoms with Gasteiger partial charge in [-0.05, 0) is 6.92 Å². The Morgan fingerprint density at radius 3 is 2.36 bits per heavy atom. The number of hydrogen-bond acceptors (Lipinski definition) is 19. The van der Waals surface area contributed by atoms with E-state index in [0.717, 1.165) is 29.0 Å². The van der Waals surface area contributed by atoms with Gasteiger partial charge >= 0.3 is 23.5 Å². The molecule has 1 aliphatic heterocycles. The molecule has 30 heteroatoms. The van der Waals surface area contributed by atoms with E-state index >= 15 is 0 Å². The second kappa shape index (κ2) is 19.7. The Labute approximate surface area is 322 Å². The Morgan fingerprint density at radius 1 is 1.05 bits per heavy atom. The fourth-order valence-corrected chi connectivity index (χ4v) is 8.31. The number of aliphatic hydroxyl groups excluding tert-OH is 2. The van der Waals surface area contributed by atoms with Crippen molar-refractivity contribution >= 4 is 75.0 Å². The molecule has 2 aromatic rings. The Hall–Kier alpha value is -2.97. The summed E-state index contributed by atoms with van der Waals surface area (Å²) >= 11 is 0.906. The summed E-state index contributed by atoms with van der Waals surface area (Å²) in [5.41, 5.74) is 4.22. The van der Waals surface area contributed by atoms with Gasteiger partial charge in [-0.2, -0.15) is 4.31 Å². The van der Waals surface area contributed by atoms with Crippen molar-refractivity contribution in [2.75, 3.05) is 37.8 Å². The molecule has 26 nitrogen and oxygen atoms in total. The van der Waals surface area contributed by atoms with Crippen LogP contribution in [0.4, 0.5) is 5.82 Å². The predicted molar refractivity (Wildman–Crippen MR) is 190 cm³/mol. The molecular weight excluding hydrogens is 837 g/mol. The SMILES string of the molecule is CC(=O)N[C@@H](C)C(=O)SCCNC(=O)CCNC(=O)[C@H](O)C(C)(C)COP(=O)(O)OP(=O)(O)OC[C@H]1O[C@@H](n2cnc3c(N)ncnc32)[C@H](O)[C@@H]1OP(=O)(O)O. The van der Waals surface area contributed by atoms with Gasteiger partial charge in [0.1, 0.15) is 36.3 Å². The van der Waals surface area contributed by atoms with E-state index in [9.17, 15) is 62.7 Å². The number of aliphatic hydroxyl groups is 2. The maximum absolute atomic E-state index is 12.7. The topological polar surface area (TPSA) is 393 Å². The summed E-state index contributed by atoms with van der Waals surface area (Å²) in [6, 6.07) is -0.704. The molecule has 0 bridgehead atoms. The Bertz CT molecular complexity index is 1880. The van der Waals surface area contributed by atoms with Crippen molar-refractivity contribution < 1.29 is 85.3 Å². The van der Waals surface area contributed by atoms with E-state index in [4.69, 9.17) is 19.5 Å². The standard InChI is InChI=1S/C26H43N8O18P3S/c1-13(33-14(2)35)25(40)56-8-7-28-16(36)5-6-29-23(39)20(38)26(3,4)10-49-55(46,47)52-54(44,45)48-9-15-19(51-53(41,42)43)18(37)24(50-15)34-12-32-17-21(27)30-11-31-22(17)34/h11-13,15,18-20,24,37-38H,5-10H2,1-4H3,(H,28,36)(H,29,39)(H,33,35)(H,44,45)(H,46,47)(H2,27,30,31)(H2,41,42,43)/t13-,15+,18+,19+,20-,24+/m0/s1. The lowest BCUT2D eigenvalue weighted by molar-refractivity contribution is -0.137. The fraction of sp³-hybridized carbons (Fsp3) is 0.654. The van der Waals surface area contributed by atoms with Gasteiger partial charge in [0.15, 0.2) is 17.7 Å². The van der Waals surface area contributed by atoms with E-state index in [1.54, 1.807) is 0 Å². The van der Waals surface area contributed by atoms with Gasteiger partial charge in [0.05, 0.1) is 25.6 Å². The molecule has 0 saturated carbocycles. The fourth-order valence-electron chi connectivity index (χ4n) is 4.77. The van der Waals surface area contributed by atoms with Crippen LogP contribution in [0.2, 0.25) is 0 Å². The number of thioether (sulfide) groups is 1. The number of nitrogens with zero attached hydrogens (tertiary/aromatic N) is 4. The number of anilines is 1. The maximum atomic E-state index is 12.7. The van der Waals surface area contributed by atoms with E-state index in [1.807, 2.05) is 0 Å². The van der Waals surface area contributed by atoms with Crippen molar-refractivity contribution in [3.63, 3.8) is 0 Å².